The summed E-state index contributed by atoms with van der Waals surface area (Å²) in [5.41, 5.74) is 0. The van der Waals surface area contributed by atoms with Crippen LogP contribution in [0, 0.1) is 5.92 Å². The Hall–Kier alpha value is -0.530. The van der Waals surface area contributed by atoms with Crippen LogP contribution in [-0.2, 0) is 4.79 Å². The maximum Gasteiger partial charge on any atom is 0.306 e. The van der Waals surface area contributed by atoms with Crippen LogP contribution >= 0.6 is 0 Å². The number of aliphatic carboxylic acids is 1. The van der Waals surface area contributed by atoms with Gasteiger partial charge >= 0.3 is 5.97 Å². The minimum atomic E-state index is -0.579. The minimum Gasteiger partial charge on any atom is -0.481 e. The lowest BCUT2D eigenvalue weighted by molar-refractivity contribution is -0.142. The van der Waals surface area contributed by atoms with Crippen LogP contribution in [0.4, 0.5) is 0 Å². The Labute approximate surface area is 279 Å². The molecule has 0 saturated heterocycles. The Balaban J connectivity index is 3.12. The molecule has 2 heteroatoms. The van der Waals surface area contributed by atoms with Gasteiger partial charge in [-0.2, -0.15) is 0 Å². The summed E-state index contributed by atoms with van der Waals surface area (Å²) < 4.78 is 0. The SMILES string of the molecule is CCCCCCCCCCCCCCCCCCCCCCCCCCCCCCCCCCCCC(CCCC)C(=O)O. The van der Waals surface area contributed by atoms with E-state index in [0.29, 0.717) is 0 Å². The molecular weight excluding hydrogens is 536 g/mol. The zero-order chi connectivity index (χ0) is 32.0. The molecule has 1 atom stereocenters. The van der Waals surface area contributed by atoms with Gasteiger partial charge in [-0.05, 0) is 12.8 Å². The first-order valence-electron chi connectivity index (χ1n) is 20.9. The van der Waals surface area contributed by atoms with E-state index in [1.807, 2.05) is 0 Å². The number of carbonyl (C=O) groups is 1. The van der Waals surface area contributed by atoms with Gasteiger partial charge in [-0.15, -0.1) is 0 Å². The highest BCUT2D eigenvalue weighted by Gasteiger charge is 2.15. The second kappa shape index (κ2) is 38.7. The third-order valence-electron chi connectivity index (χ3n) is 10.2. The predicted octanol–water partition coefficient (Wildman–Crippen LogP) is 15.6. The van der Waals surface area contributed by atoms with E-state index in [2.05, 4.69) is 13.8 Å². The predicted molar refractivity (Wildman–Crippen MR) is 198 cm³/mol. The highest BCUT2D eigenvalue weighted by molar-refractivity contribution is 5.69. The van der Waals surface area contributed by atoms with Gasteiger partial charge in [0.25, 0.3) is 0 Å². The van der Waals surface area contributed by atoms with Crippen LogP contribution in [0.2, 0.25) is 0 Å². The fraction of sp³-hybridized carbons (Fsp3) is 0.976. The monoisotopic (exact) mass is 621 g/mol. The van der Waals surface area contributed by atoms with Crippen molar-refractivity contribution >= 4 is 5.97 Å². The van der Waals surface area contributed by atoms with Crippen LogP contribution in [0.3, 0.4) is 0 Å². The maximum absolute atomic E-state index is 11.3. The molecule has 1 unspecified atom stereocenters. The van der Waals surface area contributed by atoms with Gasteiger partial charge in [0.2, 0.25) is 0 Å². The van der Waals surface area contributed by atoms with Crippen molar-refractivity contribution < 1.29 is 9.90 Å². The number of carboxylic acid groups (broad SMARTS) is 1. The van der Waals surface area contributed by atoms with Crippen LogP contribution in [-0.4, -0.2) is 11.1 Å². The summed E-state index contributed by atoms with van der Waals surface area (Å²) in [7, 11) is 0. The molecule has 0 aliphatic rings. The molecule has 0 heterocycles. The first-order valence-corrected chi connectivity index (χ1v) is 20.9. The number of carboxylic acids is 1. The van der Waals surface area contributed by atoms with E-state index in [-0.39, 0.29) is 5.92 Å². The molecule has 0 spiro atoms. The minimum absolute atomic E-state index is 0.0988. The molecule has 0 amide bonds. The van der Waals surface area contributed by atoms with Gasteiger partial charge in [0, 0.05) is 0 Å². The average molecular weight is 621 g/mol. The van der Waals surface area contributed by atoms with Gasteiger partial charge in [0.05, 0.1) is 5.92 Å². The quantitative estimate of drug-likeness (QED) is 0.0694. The van der Waals surface area contributed by atoms with Gasteiger partial charge in [0.15, 0.2) is 0 Å². The first kappa shape index (κ1) is 43.5. The topological polar surface area (TPSA) is 37.3 Å². The van der Waals surface area contributed by atoms with Crippen LogP contribution < -0.4 is 0 Å². The van der Waals surface area contributed by atoms with Gasteiger partial charge in [-0.25, -0.2) is 0 Å². The molecule has 0 aliphatic carbocycles. The molecule has 1 N–H and O–H groups in total. The van der Waals surface area contributed by atoms with Crippen molar-refractivity contribution in [3.05, 3.63) is 0 Å². The Morgan fingerprint density at radius 2 is 0.500 bits per heavy atom. The molecule has 0 fully saturated rings. The second-order valence-corrected chi connectivity index (χ2v) is 14.6. The zero-order valence-corrected chi connectivity index (χ0v) is 30.8. The van der Waals surface area contributed by atoms with E-state index in [0.717, 1.165) is 32.1 Å². The Morgan fingerprint density at radius 3 is 0.705 bits per heavy atom. The summed E-state index contributed by atoms with van der Waals surface area (Å²) in [6.45, 7) is 4.45. The van der Waals surface area contributed by atoms with Crippen molar-refractivity contribution in [1.82, 2.24) is 0 Å². The summed E-state index contributed by atoms with van der Waals surface area (Å²) in [5, 5.41) is 9.32. The molecule has 0 aromatic heterocycles. The fourth-order valence-electron chi connectivity index (χ4n) is 6.96. The number of hydrogen-bond donors (Lipinski definition) is 1. The molecule has 0 aromatic rings. The van der Waals surface area contributed by atoms with Crippen molar-refractivity contribution in [3.63, 3.8) is 0 Å². The number of rotatable bonds is 39. The van der Waals surface area contributed by atoms with Crippen LogP contribution in [0.25, 0.3) is 0 Å². The largest absolute Gasteiger partial charge is 0.481 e. The number of hydrogen-bond acceptors (Lipinski definition) is 1. The summed E-state index contributed by atoms with van der Waals surface area (Å²) in [4.78, 5) is 11.3. The van der Waals surface area contributed by atoms with E-state index in [4.69, 9.17) is 0 Å². The summed E-state index contributed by atoms with van der Waals surface area (Å²) in [5.74, 6) is -0.678. The summed E-state index contributed by atoms with van der Waals surface area (Å²) in [6, 6.07) is 0. The van der Waals surface area contributed by atoms with Crippen LogP contribution in [0.1, 0.15) is 258 Å². The molecule has 0 bridgehead atoms. The van der Waals surface area contributed by atoms with Crippen molar-refractivity contribution in [3.8, 4) is 0 Å². The van der Waals surface area contributed by atoms with Crippen molar-refractivity contribution in [1.29, 1.82) is 0 Å². The van der Waals surface area contributed by atoms with Gasteiger partial charge < -0.3 is 5.11 Å². The molecular formula is C42H84O2. The average Bonchev–Trinajstić information content (AvgIpc) is 3.02. The molecule has 44 heavy (non-hydrogen) atoms. The third-order valence-corrected chi connectivity index (χ3v) is 10.2. The second-order valence-electron chi connectivity index (χ2n) is 14.6. The maximum atomic E-state index is 11.3. The summed E-state index contributed by atoms with van der Waals surface area (Å²) >= 11 is 0. The lowest BCUT2D eigenvalue weighted by Gasteiger charge is -2.11. The highest BCUT2D eigenvalue weighted by atomic mass is 16.4. The standard InChI is InChI=1S/C42H84O2/c1-3-5-7-8-9-10-11-12-13-14-15-16-17-18-19-20-21-22-23-24-25-26-27-28-29-30-31-32-33-34-35-36-37-38-40-41(42(43)44)39-6-4-2/h41H,3-40H2,1-2H3,(H,43,44). The van der Waals surface area contributed by atoms with Crippen molar-refractivity contribution in [2.45, 2.75) is 258 Å². The van der Waals surface area contributed by atoms with Gasteiger partial charge in [-0.1, -0.05) is 245 Å². The van der Waals surface area contributed by atoms with Crippen LogP contribution in [0.5, 0.6) is 0 Å². The van der Waals surface area contributed by atoms with Crippen molar-refractivity contribution in [2.75, 3.05) is 0 Å². The van der Waals surface area contributed by atoms with Crippen LogP contribution in [0.15, 0.2) is 0 Å². The summed E-state index contributed by atoms with van der Waals surface area (Å²) in [6.07, 6.45) is 52.6. The molecule has 0 aliphatic heterocycles. The third kappa shape index (κ3) is 35.9. The van der Waals surface area contributed by atoms with E-state index < -0.39 is 5.97 Å². The molecule has 2 nitrogen and oxygen atoms in total. The molecule has 264 valence electrons. The fourth-order valence-corrected chi connectivity index (χ4v) is 6.96. The van der Waals surface area contributed by atoms with E-state index in [9.17, 15) is 9.90 Å². The lowest BCUT2D eigenvalue weighted by Crippen LogP contribution is -2.13. The molecule has 0 rings (SSSR count). The first-order chi connectivity index (χ1) is 21.7. The Morgan fingerprint density at radius 1 is 0.318 bits per heavy atom. The normalized spacial score (nSPS) is 12.2. The smallest absolute Gasteiger partial charge is 0.306 e. The van der Waals surface area contributed by atoms with Gasteiger partial charge in [-0.3, -0.25) is 4.79 Å². The van der Waals surface area contributed by atoms with E-state index in [1.165, 1.54) is 212 Å². The molecule has 0 radical (unpaired) electrons. The lowest BCUT2D eigenvalue weighted by atomic mass is 9.95. The highest BCUT2D eigenvalue weighted by Crippen LogP contribution is 2.19. The Bertz CT molecular complexity index is 530. The Kier molecular flexibility index (Phi) is 38.2. The van der Waals surface area contributed by atoms with Gasteiger partial charge in [0.1, 0.15) is 0 Å². The van der Waals surface area contributed by atoms with Crippen molar-refractivity contribution in [2.24, 2.45) is 5.92 Å². The van der Waals surface area contributed by atoms with E-state index >= 15 is 0 Å². The van der Waals surface area contributed by atoms with E-state index in [1.54, 1.807) is 0 Å². The zero-order valence-electron chi connectivity index (χ0n) is 30.8. The molecule has 0 aromatic carbocycles. The number of unbranched alkanes of at least 4 members (excludes halogenated alkanes) is 34. The molecule has 0 saturated carbocycles.